The number of aryl methyl sites for hydroxylation is 1. The van der Waals surface area contributed by atoms with Crippen LogP contribution in [0.3, 0.4) is 0 Å². The third kappa shape index (κ3) is 2.94. The zero-order valence-corrected chi connectivity index (χ0v) is 12.8. The number of likely N-dealkylation sites (N-methyl/N-ethyl adjacent to an activating group) is 1. The Hall–Kier alpha value is -1.60. The number of fused-ring (bicyclic) bond motifs is 1. The first kappa shape index (κ1) is 14.8. The van der Waals surface area contributed by atoms with E-state index < -0.39 is 10.2 Å². The molecule has 110 valence electrons. The topological polar surface area (TPSA) is 78.5 Å². The van der Waals surface area contributed by atoms with Gasteiger partial charge in [0.2, 0.25) is 5.91 Å². The Morgan fingerprint density at radius 3 is 2.55 bits per heavy atom. The Balaban J connectivity index is 2.31. The molecule has 1 aromatic rings. The van der Waals surface area contributed by atoms with Gasteiger partial charge in [-0.3, -0.25) is 9.52 Å². The molecule has 0 atom stereocenters. The molecule has 1 aliphatic rings. The van der Waals surface area contributed by atoms with Crippen LogP contribution < -0.4 is 14.3 Å². The summed E-state index contributed by atoms with van der Waals surface area (Å²) in [5, 5.41) is 0. The van der Waals surface area contributed by atoms with Crippen LogP contribution >= 0.6 is 0 Å². The molecule has 0 fully saturated rings. The normalized spacial score (nSPS) is 14.8. The van der Waals surface area contributed by atoms with E-state index in [0.717, 1.165) is 16.8 Å². The monoisotopic (exact) mass is 297 g/mol. The van der Waals surface area contributed by atoms with Gasteiger partial charge in [0.05, 0.1) is 17.8 Å². The molecule has 0 spiro atoms. The molecule has 0 saturated carbocycles. The number of anilines is 2. The molecule has 20 heavy (non-hydrogen) atoms. The Bertz CT molecular complexity index is 653. The summed E-state index contributed by atoms with van der Waals surface area (Å²) in [6.07, 6.45) is 0.305. The lowest BCUT2D eigenvalue weighted by Crippen LogP contribution is -2.35. The van der Waals surface area contributed by atoms with E-state index in [4.69, 9.17) is 0 Å². The van der Waals surface area contributed by atoms with Crippen molar-refractivity contribution in [3.63, 3.8) is 0 Å². The van der Waals surface area contributed by atoms with Gasteiger partial charge in [0, 0.05) is 13.1 Å². The average molecular weight is 297 g/mol. The van der Waals surface area contributed by atoms with E-state index in [1.807, 2.05) is 6.92 Å². The van der Waals surface area contributed by atoms with Crippen LogP contribution in [-0.2, 0) is 21.4 Å². The lowest BCUT2D eigenvalue weighted by atomic mass is 10.1. The smallest absolute Gasteiger partial charge is 0.299 e. The summed E-state index contributed by atoms with van der Waals surface area (Å²) in [5.41, 5.74) is 3.06. The highest BCUT2D eigenvalue weighted by Gasteiger charge is 2.26. The second-order valence-electron chi connectivity index (χ2n) is 5.31. The highest BCUT2D eigenvalue weighted by Crippen LogP contribution is 2.34. The molecular weight excluding hydrogens is 278 g/mol. The zero-order valence-electron chi connectivity index (χ0n) is 12.0. The number of nitrogens with zero attached hydrogens (tertiary/aromatic N) is 1. The number of nitrogens with one attached hydrogen (secondary N) is 2. The van der Waals surface area contributed by atoms with E-state index in [-0.39, 0.29) is 11.9 Å². The minimum atomic E-state index is -3.59. The number of amides is 1. The molecule has 1 amide bonds. The predicted octanol–water partition coefficient (Wildman–Crippen LogP) is 1.17. The molecular formula is C13H19N3O3S. The fourth-order valence-corrected chi connectivity index (χ4v) is 3.54. The third-order valence-electron chi connectivity index (χ3n) is 3.07. The van der Waals surface area contributed by atoms with Gasteiger partial charge in [-0.25, -0.2) is 0 Å². The van der Waals surface area contributed by atoms with Gasteiger partial charge < -0.3 is 4.90 Å². The Kier molecular flexibility index (Phi) is 3.75. The molecule has 0 aliphatic carbocycles. The van der Waals surface area contributed by atoms with Crippen molar-refractivity contribution < 1.29 is 13.2 Å². The van der Waals surface area contributed by atoms with Crippen LogP contribution in [-0.4, -0.2) is 27.4 Å². The van der Waals surface area contributed by atoms with E-state index in [9.17, 15) is 13.2 Å². The summed E-state index contributed by atoms with van der Waals surface area (Å²) < 4.78 is 28.6. The molecule has 1 aliphatic heterocycles. The number of hydrogen-bond donors (Lipinski definition) is 2. The summed E-state index contributed by atoms with van der Waals surface area (Å²) >= 11 is 0. The lowest BCUT2D eigenvalue weighted by Gasteiger charge is -2.16. The number of hydrogen-bond acceptors (Lipinski definition) is 3. The molecule has 1 aromatic carbocycles. The number of carbonyl (C=O) groups is 1. The third-order valence-corrected chi connectivity index (χ3v) is 4.36. The fraction of sp³-hybridized carbons (Fsp3) is 0.462. The first-order chi connectivity index (χ1) is 9.19. The molecule has 0 radical (unpaired) electrons. The van der Waals surface area contributed by atoms with E-state index >= 15 is 0 Å². The van der Waals surface area contributed by atoms with Crippen molar-refractivity contribution in [3.05, 3.63) is 23.3 Å². The van der Waals surface area contributed by atoms with Crippen LogP contribution in [0, 0.1) is 6.92 Å². The Morgan fingerprint density at radius 1 is 1.30 bits per heavy atom. The van der Waals surface area contributed by atoms with Crippen molar-refractivity contribution >= 4 is 27.5 Å². The van der Waals surface area contributed by atoms with Crippen LogP contribution in [0.2, 0.25) is 0 Å². The zero-order chi connectivity index (χ0) is 15.1. The minimum Gasteiger partial charge on any atom is -0.315 e. The van der Waals surface area contributed by atoms with Gasteiger partial charge in [-0.15, -0.1) is 0 Å². The van der Waals surface area contributed by atoms with E-state index in [1.165, 1.54) is 0 Å². The van der Waals surface area contributed by atoms with E-state index in [0.29, 0.717) is 12.1 Å². The molecule has 2 rings (SSSR count). The molecule has 7 heteroatoms. The summed E-state index contributed by atoms with van der Waals surface area (Å²) in [6.45, 7) is 5.36. The first-order valence-electron chi connectivity index (χ1n) is 6.40. The summed E-state index contributed by atoms with van der Waals surface area (Å²) in [6, 6.07) is 3.26. The number of benzene rings is 1. The summed E-state index contributed by atoms with van der Waals surface area (Å²) in [5.74, 6) is 0.0170. The number of carbonyl (C=O) groups excluding carboxylic acids is 1. The van der Waals surface area contributed by atoms with Gasteiger partial charge >= 0.3 is 0 Å². The molecule has 0 saturated heterocycles. The molecule has 6 nitrogen and oxygen atoms in total. The van der Waals surface area contributed by atoms with Crippen LogP contribution in [0.4, 0.5) is 11.4 Å². The molecule has 2 N–H and O–H groups in total. The highest BCUT2D eigenvalue weighted by molar-refractivity contribution is 7.90. The van der Waals surface area contributed by atoms with Crippen molar-refractivity contribution in [2.24, 2.45) is 0 Å². The van der Waals surface area contributed by atoms with Crippen LogP contribution in [0.25, 0.3) is 0 Å². The second-order valence-corrected chi connectivity index (χ2v) is 6.76. The van der Waals surface area contributed by atoms with Gasteiger partial charge in [-0.05, 0) is 44.0 Å². The van der Waals surface area contributed by atoms with Crippen molar-refractivity contribution in [3.8, 4) is 0 Å². The summed E-state index contributed by atoms with van der Waals surface area (Å²) in [7, 11) is -1.87. The maximum Gasteiger partial charge on any atom is 0.299 e. The van der Waals surface area contributed by atoms with Crippen molar-refractivity contribution in [1.82, 2.24) is 4.72 Å². The van der Waals surface area contributed by atoms with E-state index in [1.54, 1.807) is 37.9 Å². The van der Waals surface area contributed by atoms with Gasteiger partial charge in [0.25, 0.3) is 10.2 Å². The quantitative estimate of drug-likeness (QED) is 0.875. The molecule has 0 aromatic heterocycles. The SMILES string of the molecule is Cc1cc(NS(=O)(=O)NC(C)C)cc2c1N(C)C(=O)C2. The van der Waals surface area contributed by atoms with Crippen LogP contribution in [0.5, 0.6) is 0 Å². The molecule has 1 heterocycles. The van der Waals surface area contributed by atoms with Crippen molar-refractivity contribution in [2.75, 3.05) is 16.7 Å². The minimum absolute atomic E-state index is 0.0170. The van der Waals surface area contributed by atoms with Gasteiger partial charge in [-0.2, -0.15) is 13.1 Å². The van der Waals surface area contributed by atoms with Crippen LogP contribution in [0.1, 0.15) is 25.0 Å². The lowest BCUT2D eigenvalue weighted by molar-refractivity contribution is -0.117. The molecule has 0 bridgehead atoms. The highest BCUT2D eigenvalue weighted by atomic mass is 32.2. The van der Waals surface area contributed by atoms with Crippen molar-refractivity contribution in [2.45, 2.75) is 33.2 Å². The van der Waals surface area contributed by atoms with Gasteiger partial charge in [0.15, 0.2) is 0 Å². The average Bonchev–Trinajstić information content (AvgIpc) is 2.51. The van der Waals surface area contributed by atoms with Crippen molar-refractivity contribution in [1.29, 1.82) is 0 Å². The summed E-state index contributed by atoms with van der Waals surface area (Å²) in [4.78, 5) is 13.3. The standard InChI is InChI=1S/C13H19N3O3S/c1-8(2)14-20(18,19)15-11-5-9(3)13-10(6-11)7-12(17)16(13)4/h5-6,8,14-15H,7H2,1-4H3. The molecule has 0 unspecified atom stereocenters. The predicted molar refractivity (Wildman–Crippen MR) is 79.1 cm³/mol. The fourth-order valence-electron chi connectivity index (χ4n) is 2.43. The largest absolute Gasteiger partial charge is 0.315 e. The van der Waals surface area contributed by atoms with E-state index in [2.05, 4.69) is 9.44 Å². The first-order valence-corrected chi connectivity index (χ1v) is 7.88. The van der Waals surface area contributed by atoms with Crippen LogP contribution in [0.15, 0.2) is 12.1 Å². The number of rotatable bonds is 4. The van der Waals surface area contributed by atoms with Gasteiger partial charge in [-0.1, -0.05) is 0 Å². The second kappa shape index (κ2) is 5.06. The Labute approximate surface area is 119 Å². The maximum atomic E-state index is 11.9. The Morgan fingerprint density at radius 2 is 1.95 bits per heavy atom. The maximum absolute atomic E-state index is 11.9. The van der Waals surface area contributed by atoms with Gasteiger partial charge in [0.1, 0.15) is 0 Å².